The lowest BCUT2D eigenvalue weighted by atomic mass is 9.75. The molecular formula is C30H41NO3. The monoisotopic (exact) mass is 463 g/mol. The molecule has 0 aromatic rings. The van der Waals surface area contributed by atoms with Crippen LogP contribution in [0.15, 0.2) is 48.1 Å². The molecule has 0 aliphatic heterocycles. The van der Waals surface area contributed by atoms with E-state index in [-0.39, 0.29) is 36.1 Å². The zero-order chi connectivity index (χ0) is 25.9. The quantitative estimate of drug-likeness (QED) is 0.277. The standard InChI is InChI=1S/C26H31NO3.C4H10/c1-6-22-12-9-7-8-10-16-26(17-11-13-23(22)21(26)5)30-24(28)15-14-18(2)19(3)20(4)25(27)29;1-4(2)3/h7-8,13,19-20,22H,2,5-6,11,14-15,17H2,1,3-4H3,(H2,27,29);4H,1-3H3/b8-7-;. The van der Waals surface area contributed by atoms with Crippen molar-refractivity contribution in [3.05, 3.63) is 48.1 Å². The van der Waals surface area contributed by atoms with Gasteiger partial charge in [-0.05, 0) is 54.7 Å². The number of carbonyl (C=O) groups excluding carboxylic acids is 2. The van der Waals surface area contributed by atoms with Gasteiger partial charge in [0.15, 0.2) is 5.60 Å². The molecule has 184 valence electrons. The summed E-state index contributed by atoms with van der Waals surface area (Å²) in [6.07, 6.45) is 8.30. The van der Waals surface area contributed by atoms with Crippen molar-refractivity contribution in [2.75, 3.05) is 0 Å². The summed E-state index contributed by atoms with van der Waals surface area (Å²) in [4.78, 5) is 24.2. The van der Waals surface area contributed by atoms with Gasteiger partial charge in [-0.1, -0.05) is 84.1 Å². The maximum atomic E-state index is 12.8. The largest absolute Gasteiger partial charge is 0.441 e. The van der Waals surface area contributed by atoms with Gasteiger partial charge in [-0.25, -0.2) is 0 Å². The van der Waals surface area contributed by atoms with Crippen LogP contribution in [-0.2, 0) is 14.3 Å². The number of hydrogen-bond acceptors (Lipinski definition) is 3. The van der Waals surface area contributed by atoms with Crippen LogP contribution in [0.25, 0.3) is 0 Å². The summed E-state index contributed by atoms with van der Waals surface area (Å²) in [5.74, 6) is 12.1. The highest BCUT2D eigenvalue weighted by Gasteiger charge is 2.40. The van der Waals surface area contributed by atoms with Crippen LogP contribution in [0.2, 0.25) is 0 Å². The molecule has 0 radical (unpaired) electrons. The van der Waals surface area contributed by atoms with Crippen LogP contribution in [0.5, 0.6) is 0 Å². The first kappa shape index (κ1) is 29.1. The molecule has 2 bridgehead atoms. The number of fused-ring (bicyclic) bond motifs is 2. The molecule has 0 saturated heterocycles. The average molecular weight is 464 g/mol. The predicted octanol–water partition coefficient (Wildman–Crippen LogP) is 5.90. The smallest absolute Gasteiger partial charge is 0.307 e. The summed E-state index contributed by atoms with van der Waals surface area (Å²) < 4.78 is 5.96. The third-order valence-corrected chi connectivity index (χ3v) is 6.04. The van der Waals surface area contributed by atoms with E-state index in [0.717, 1.165) is 35.5 Å². The molecule has 0 aromatic carbocycles. The molecule has 1 amide bonds. The molecule has 34 heavy (non-hydrogen) atoms. The van der Waals surface area contributed by atoms with E-state index < -0.39 is 5.60 Å². The lowest BCUT2D eigenvalue weighted by Gasteiger charge is -2.36. The van der Waals surface area contributed by atoms with E-state index >= 15 is 0 Å². The molecule has 2 aliphatic carbocycles. The lowest BCUT2D eigenvalue weighted by Crippen LogP contribution is -2.39. The van der Waals surface area contributed by atoms with E-state index in [1.807, 2.05) is 6.92 Å². The van der Waals surface area contributed by atoms with Crippen molar-refractivity contribution in [3.8, 4) is 23.7 Å². The molecule has 4 unspecified atom stereocenters. The SMILES string of the molecule is C=C(CCC(=O)OC12C#C/C=C\C#CC(CC)C(=CCC1)C2=C)C(C)C(C)C(N)=O.CC(C)C. The summed E-state index contributed by atoms with van der Waals surface area (Å²) in [6, 6.07) is 0. The Bertz CT molecular complexity index is 958. The Morgan fingerprint density at radius 2 is 1.76 bits per heavy atom. The fraction of sp³-hybridized carbons (Fsp3) is 0.533. The highest BCUT2D eigenvalue weighted by atomic mass is 16.6. The fourth-order valence-electron chi connectivity index (χ4n) is 3.69. The molecule has 0 fully saturated rings. The van der Waals surface area contributed by atoms with Gasteiger partial charge in [0, 0.05) is 30.3 Å². The van der Waals surface area contributed by atoms with Gasteiger partial charge in [0.05, 0.1) is 0 Å². The van der Waals surface area contributed by atoms with Gasteiger partial charge in [-0.3, -0.25) is 9.59 Å². The molecule has 4 atom stereocenters. The van der Waals surface area contributed by atoms with Crippen molar-refractivity contribution in [2.45, 2.75) is 79.2 Å². The summed E-state index contributed by atoms with van der Waals surface area (Å²) in [6.45, 7) is 20.5. The van der Waals surface area contributed by atoms with E-state index in [1.54, 1.807) is 19.1 Å². The first-order valence-electron chi connectivity index (χ1n) is 12.2. The van der Waals surface area contributed by atoms with Gasteiger partial charge >= 0.3 is 5.97 Å². The summed E-state index contributed by atoms with van der Waals surface area (Å²) in [7, 11) is 0. The number of hydrogen-bond donors (Lipinski definition) is 1. The van der Waals surface area contributed by atoms with Gasteiger partial charge < -0.3 is 10.5 Å². The second-order valence-electron chi connectivity index (χ2n) is 9.70. The topological polar surface area (TPSA) is 69.4 Å². The van der Waals surface area contributed by atoms with Gasteiger partial charge in [-0.2, -0.15) is 0 Å². The molecule has 0 aromatic heterocycles. The zero-order valence-corrected chi connectivity index (χ0v) is 21.8. The number of allylic oxidation sites excluding steroid dienone is 4. The Labute approximate surface area is 206 Å². The number of ether oxygens (including phenoxy) is 1. The van der Waals surface area contributed by atoms with Crippen LogP contribution in [0.1, 0.15) is 73.6 Å². The molecule has 4 nitrogen and oxygen atoms in total. The van der Waals surface area contributed by atoms with E-state index in [2.05, 4.69) is 70.6 Å². The summed E-state index contributed by atoms with van der Waals surface area (Å²) in [5, 5.41) is 0. The molecule has 0 saturated carbocycles. The molecular weight excluding hydrogens is 422 g/mol. The Morgan fingerprint density at radius 3 is 2.35 bits per heavy atom. The predicted molar refractivity (Wildman–Crippen MR) is 140 cm³/mol. The molecule has 0 heterocycles. The van der Waals surface area contributed by atoms with Crippen molar-refractivity contribution < 1.29 is 14.3 Å². The number of nitrogens with two attached hydrogens (primary N) is 1. The first-order chi connectivity index (χ1) is 15.9. The van der Waals surface area contributed by atoms with Crippen molar-refractivity contribution in [1.82, 2.24) is 0 Å². The van der Waals surface area contributed by atoms with Crippen molar-refractivity contribution in [1.29, 1.82) is 0 Å². The molecule has 0 spiro atoms. The van der Waals surface area contributed by atoms with E-state index in [0.29, 0.717) is 12.8 Å². The minimum absolute atomic E-state index is 0.0383. The minimum atomic E-state index is -1.04. The van der Waals surface area contributed by atoms with Crippen molar-refractivity contribution in [2.24, 2.45) is 29.4 Å². The van der Waals surface area contributed by atoms with Crippen LogP contribution in [0, 0.1) is 47.4 Å². The summed E-state index contributed by atoms with van der Waals surface area (Å²) >= 11 is 0. The highest BCUT2D eigenvalue weighted by Crippen LogP contribution is 2.40. The van der Waals surface area contributed by atoms with Gasteiger partial charge in [0.1, 0.15) is 0 Å². The van der Waals surface area contributed by atoms with Crippen LogP contribution < -0.4 is 5.73 Å². The highest BCUT2D eigenvalue weighted by molar-refractivity contribution is 5.77. The van der Waals surface area contributed by atoms with Crippen LogP contribution >= 0.6 is 0 Å². The third-order valence-electron chi connectivity index (χ3n) is 6.04. The number of carbonyl (C=O) groups is 2. The molecule has 2 N–H and O–H groups in total. The lowest BCUT2D eigenvalue weighted by molar-refractivity contribution is -0.152. The minimum Gasteiger partial charge on any atom is -0.441 e. The third kappa shape index (κ3) is 8.42. The first-order valence-corrected chi connectivity index (χ1v) is 12.2. The molecule has 2 aliphatic rings. The van der Waals surface area contributed by atoms with Crippen molar-refractivity contribution >= 4 is 11.9 Å². The maximum absolute atomic E-state index is 12.8. The Kier molecular flexibility index (Phi) is 11.7. The number of amides is 1. The van der Waals surface area contributed by atoms with E-state index in [1.165, 1.54) is 0 Å². The van der Waals surface area contributed by atoms with Crippen molar-refractivity contribution in [3.63, 3.8) is 0 Å². The Morgan fingerprint density at radius 1 is 1.15 bits per heavy atom. The van der Waals surface area contributed by atoms with Gasteiger partial charge in [0.2, 0.25) is 5.91 Å². The second-order valence-corrected chi connectivity index (χ2v) is 9.70. The van der Waals surface area contributed by atoms with Crippen LogP contribution in [0.4, 0.5) is 0 Å². The fourth-order valence-corrected chi connectivity index (χ4v) is 3.69. The number of rotatable bonds is 8. The van der Waals surface area contributed by atoms with Crippen LogP contribution in [0.3, 0.4) is 0 Å². The second kappa shape index (κ2) is 13.7. The molecule has 4 heteroatoms. The number of primary amides is 1. The Hall–Kier alpha value is -2.98. The van der Waals surface area contributed by atoms with Crippen LogP contribution in [-0.4, -0.2) is 17.5 Å². The van der Waals surface area contributed by atoms with Gasteiger partial charge in [0.25, 0.3) is 0 Å². The molecule has 2 rings (SSSR count). The Balaban J connectivity index is 0.00000133. The van der Waals surface area contributed by atoms with E-state index in [9.17, 15) is 9.59 Å². The normalized spacial score (nSPS) is 23.3. The zero-order valence-electron chi connectivity index (χ0n) is 21.8. The summed E-state index contributed by atoms with van der Waals surface area (Å²) in [5.41, 5.74) is 6.89. The maximum Gasteiger partial charge on any atom is 0.307 e. The van der Waals surface area contributed by atoms with Gasteiger partial charge in [-0.15, -0.1) is 0 Å². The number of esters is 1. The average Bonchev–Trinajstić information content (AvgIpc) is 2.77. The van der Waals surface area contributed by atoms with E-state index in [4.69, 9.17) is 10.5 Å².